The molecular weight excluding hydrogens is 388 g/mol. The highest BCUT2D eigenvalue weighted by Gasteiger charge is 2.16. The van der Waals surface area contributed by atoms with Crippen LogP contribution in [0.15, 0.2) is 24.3 Å². The molecule has 0 aliphatic carbocycles. The molecule has 0 aliphatic rings. The van der Waals surface area contributed by atoms with Gasteiger partial charge in [-0.25, -0.2) is 9.59 Å². The Bertz CT molecular complexity index is 574. The molecule has 8 heteroatoms. The molecule has 0 saturated carbocycles. The molecule has 2 atom stereocenters. The Kier molecular flexibility index (Phi) is 12.2. The lowest BCUT2D eigenvalue weighted by Gasteiger charge is -2.21. The van der Waals surface area contributed by atoms with Crippen LogP contribution in [0.25, 0.3) is 0 Å². The van der Waals surface area contributed by atoms with Crippen LogP contribution in [0.4, 0.5) is 0 Å². The van der Waals surface area contributed by atoms with Crippen molar-refractivity contribution in [2.75, 3.05) is 52.5 Å². The number of esters is 2. The molecule has 0 aromatic heterocycles. The van der Waals surface area contributed by atoms with Crippen molar-refractivity contribution in [3.63, 3.8) is 0 Å². The molecule has 0 radical (unpaired) electrons. The van der Waals surface area contributed by atoms with Crippen LogP contribution in [0.1, 0.15) is 48.4 Å². The lowest BCUT2D eigenvalue weighted by molar-refractivity contribution is 0.0160. The molecule has 0 heterocycles. The van der Waals surface area contributed by atoms with Gasteiger partial charge in [0.05, 0.1) is 11.1 Å². The minimum absolute atomic E-state index is 0.0937. The van der Waals surface area contributed by atoms with Crippen molar-refractivity contribution < 1.29 is 29.3 Å². The van der Waals surface area contributed by atoms with Gasteiger partial charge in [-0.3, -0.25) is 0 Å². The third kappa shape index (κ3) is 9.21. The summed E-state index contributed by atoms with van der Waals surface area (Å²) in [5, 5.41) is 20.0. The highest BCUT2D eigenvalue weighted by Crippen LogP contribution is 2.09. The van der Waals surface area contributed by atoms with E-state index in [-0.39, 0.29) is 24.3 Å². The fraction of sp³-hybridized carbons (Fsp3) is 0.636. The molecular formula is C22H36N2O6. The molecule has 8 nitrogen and oxygen atoms in total. The average Bonchev–Trinajstić information content (AvgIpc) is 2.77. The number of carbonyl (C=O) groups is 2. The minimum Gasteiger partial charge on any atom is -0.459 e. The van der Waals surface area contributed by atoms with E-state index in [1.165, 1.54) is 24.3 Å². The van der Waals surface area contributed by atoms with Crippen LogP contribution in [-0.2, 0) is 9.47 Å². The normalized spacial score (nSPS) is 13.3. The van der Waals surface area contributed by atoms with Crippen LogP contribution in [0.3, 0.4) is 0 Å². The van der Waals surface area contributed by atoms with Gasteiger partial charge in [0.2, 0.25) is 0 Å². The minimum atomic E-state index is -0.758. The second kappa shape index (κ2) is 14.1. The number of hydrogen-bond acceptors (Lipinski definition) is 8. The molecule has 1 aromatic carbocycles. The van der Waals surface area contributed by atoms with E-state index < -0.39 is 24.1 Å². The van der Waals surface area contributed by atoms with Gasteiger partial charge in [-0.15, -0.1) is 0 Å². The second-order valence-electron chi connectivity index (χ2n) is 7.05. The summed E-state index contributed by atoms with van der Waals surface area (Å²) in [5.41, 5.74) is 0.561. The number of aliphatic hydroxyl groups is 2. The quantitative estimate of drug-likeness (QED) is 0.433. The third-order valence-corrected chi connectivity index (χ3v) is 4.90. The lowest BCUT2D eigenvalue weighted by Crippen LogP contribution is -2.35. The maximum Gasteiger partial charge on any atom is 0.338 e. The van der Waals surface area contributed by atoms with Gasteiger partial charge in [0, 0.05) is 13.1 Å². The van der Waals surface area contributed by atoms with Crippen molar-refractivity contribution in [3.8, 4) is 0 Å². The summed E-state index contributed by atoms with van der Waals surface area (Å²) < 4.78 is 10.3. The van der Waals surface area contributed by atoms with Gasteiger partial charge in [-0.1, -0.05) is 27.7 Å². The number of benzene rings is 1. The van der Waals surface area contributed by atoms with Crippen LogP contribution >= 0.6 is 0 Å². The van der Waals surface area contributed by atoms with Gasteiger partial charge >= 0.3 is 11.9 Å². The topological polar surface area (TPSA) is 99.5 Å². The fourth-order valence-corrected chi connectivity index (χ4v) is 2.92. The first-order valence-electron chi connectivity index (χ1n) is 10.6. The van der Waals surface area contributed by atoms with E-state index in [9.17, 15) is 19.8 Å². The van der Waals surface area contributed by atoms with Crippen molar-refractivity contribution in [2.45, 2.75) is 39.9 Å². The molecule has 0 saturated heterocycles. The van der Waals surface area contributed by atoms with E-state index in [0.29, 0.717) is 13.1 Å². The van der Waals surface area contributed by atoms with E-state index in [1.54, 1.807) is 0 Å². The molecule has 0 aliphatic heterocycles. The van der Waals surface area contributed by atoms with E-state index in [4.69, 9.17) is 9.47 Å². The van der Waals surface area contributed by atoms with Gasteiger partial charge in [-0.05, 0) is 50.4 Å². The van der Waals surface area contributed by atoms with Crippen LogP contribution in [0.2, 0.25) is 0 Å². The molecule has 170 valence electrons. The Labute approximate surface area is 179 Å². The van der Waals surface area contributed by atoms with E-state index in [0.717, 1.165) is 26.2 Å². The van der Waals surface area contributed by atoms with Crippen molar-refractivity contribution in [1.82, 2.24) is 9.80 Å². The maximum absolute atomic E-state index is 12.1. The maximum atomic E-state index is 12.1. The zero-order valence-electron chi connectivity index (χ0n) is 18.5. The first kappa shape index (κ1) is 26.0. The Hall–Kier alpha value is -2.00. The summed E-state index contributed by atoms with van der Waals surface area (Å²) in [6.07, 6.45) is -1.52. The van der Waals surface area contributed by atoms with Crippen LogP contribution in [-0.4, -0.2) is 96.6 Å². The molecule has 0 amide bonds. The fourth-order valence-electron chi connectivity index (χ4n) is 2.92. The largest absolute Gasteiger partial charge is 0.459 e. The summed E-state index contributed by atoms with van der Waals surface area (Å²) in [6.45, 7) is 11.9. The van der Waals surface area contributed by atoms with Crippen molar-refractivity contribution in [1.29, 1.82) is 0 Å². The Morgan fingerprint density at radius 2 is 1.03 bits per heavy atom. The number of hydrogen-bond donors (Lipinski definition) is 2. The van der Waals surface area contributed by atoms with Gasteiger partial charge in [0.15, 0.2) is 0 Å². The smallest absolute Gasteiger partial charge is 0.338 e. The van der Waals surface area contributed by atoms with Crippen LogP contribution < -0.4 is 0 Å². The SMILES string of the molecule is CCN(CC)CC(O)COC(=O)c1ccc(C(=O)OCC(O)CN(CC)CC)cc1. The van der Waals surface area contributed by atoms with Crippen LogP contribution in [0, 0.1) is 0 Å². The Balaban J connectivity index is 2.47. The molecule has 1 aromatic rings. The molecule has 0 fully saturated rings. The van der Waals surface area contributed by atoms with Crippen LogP contribution in [0.5, 0.6) is 0 Å². The number of likely N-dealkylation sites (N-methyl/N-ethyl adjacent to an activating group) is 2. The zero-order chi connectivity index (χ0) is 22.5. The number of rotatable bonds is 14. The summed E-state index contributed by atoms with van der Waals surface area (Å²) >= 11 is 0. The summed E-state index contributed by atoms with van der Waals surface area (Å²) in [5.74, 6) is -1.13. The highest BCUT2D eigenvalue weighted by molar-refractivity contribution is 5.93. The average molecular weight is 425 g/mol. The number of ether oxygens (including phenoxy) is 2. The predicted molar refractivity (Wildman–Crippen MR) is 115 cm³/mol. The monoisotopic (exact) mass is 424 g/mol. The molecule has 0 bridgehead atoms. The predicted octanol–water partition coefficient (Wildman–Crippen LogP) is 1.41. The van der Waals surface area contributed by atoms with Crippen molar-refractivity contribution in [3.05, 3.63) is 35.4 Å². The molecule has 2 unspecified atom stereocenters. The van der Waals surface area contributed by atoms with E-state index in [2.05, 4.69) is 0 Å². The van der Waals surface area contributed by atoms with Gasteiger partial charge in [0.1, 0.15) is 25.4 Å². The number of nitrogens with zero attached hydrogens (tertiary/aromatic N) is 2. The van der Waals surface area contributed by atoms with Gasteiger partial charge < -0.3 is 29.5 Å². The Morgan fingerprint density at radius 1 is 0.733 bits per heavy atom. The molecule has 2 N–H and O–H groups in total. The number of carbonyl (C=O) groups excluding carboxylic acids is 2. The second-order valence-corrected chi connectivity index (χ2v) is 7.05. The first-order valence-corrected chi connectivity index (χ1v) is 10.6. The Morgan fingerprint density at radius 3 is 1.30 bits per heavy atom. The summed E-state index contributed by atoms with van der Waals surface area (Å²) in [4.78, 5) is 28.3. The molecule has 30 heavy (non-hydrogen) atoms. The van der Waals surface area contributed by atoms with Gasteiger partial charge in [-0.2, -0.15) is 0 Å². The molecule has 1 rings (SSSR count). The van der Waals surface area contributed by atoms with Crippen molar-refractivity contribution in [2.24, 2.45) is 0 Å². The van der Waals surface area contributed by atoms with E-state index in [1.807, 2.05) is 37.5 Å². The van der Waals surface area contributed by atoms with Crippen molar-refractivity contribution >= 4 is 11.9 Å². The highest BCUT2D eigenvalue weighted by atomic mass is 16.5. The third-order valence-electron chi connectivity index (χ3n) is 4.90. The first-order chi connectivity index (χ1) is 14.3. The summed E-state index contributed by atoms with van der Waals surface area (Å²) in [7, 11) is 0. The summed E-state index contributed by atoms with van der Waals surface area (Å²) in [6, 6.07) is 5.90. The van der Waals surface area contributed by atoms with E-state index >= 15 is 0 Å². The molecule has 0 spiro atoms. The zero-order valence-corrected chi connectivity index (χ0v) is 18.5. The standard InChI is InChI=1S/C22H36N2O6/c1-5-23(6-2)13-19(25)15-29-21(27)17-9-11-18(12-10-17)22(28)30-16-20(26)14-24(7-3)8-4/h9-12,19-20,25-26H,5-8,13-16H2,1-4H3. The lowest BCUT2D eigenvalue weighted by atomic mass is 10.1. The number of aliphatic hydroxyl groups excluding tert-OH is 2. The van der Waals surface area contributed by atoms with Gasteiger partial charge in [0.25, 0.3) is 0 Å².